The molecule has 2 heteroatoms. The van der Waals surface area contributed by atoms with E-state index in [-0.39, 0.29) is 0 Å². The van der Waals surface area contributed by atoms with Crippen molar-refractivity contribution in [3.05, 3.63) is 0 Å². The van der Waals surface area contributed by atoms with Gasteiger partial charge < -0.3 is 5.32 Å². The SMILES string of the molecule is CC(CNC1CC1)N(C)C1CCCC1. The Hall–Kier alpha value is -0.0800. The van der Waals surface area contributed by atoms with Crippen molar-refractivity contribution >= 4 is 0 Å². The van der Waals surface area contributed by atoms with Crippen molar-refractivity contribution in [1.82, 2.24) is 10.2 Å². The second-order valence-electron chi connectivity index (χ2n) is 5.14. The molecule has 0 aliphatic heterocycles. The molecule has 0 heterocycles. The van der Waals surface area contributed by atoms with E-state index >= 15 is 0 Å². The molecule has 0 radical (unpaired) electrons. The molecule has 2 nitrogen and oxygen atoms in total. The van der Waals surface area contributed by atoms with E-state index in [1.165, 1.54) is 45.1 Å². The van der Waals surface area contributed by atoms with E-state index in [2.05, 4.69) is 24.2 Å². The van der Waals surface area contributed by atoms with Crippen LogP contribution in [0.25, 0.3) is 0 Å². The van der Waals surface area contributed by atoms with E-state index in [1.807, 2.05) is 0 Å². The van der Waals surface area contributed by atoms with E-state index in [4.69, 9.17) is 0 Å². The van der Waals surface area contributed by atoms with E-state index in [0.717, 1.165) is 12.1 Å². The second kappa shape index (κ2) is 4.63. The molecule has 0 spiro atoms. The topological polar surface area (TPSA) is 15.3 Å². The Balaban J connectivity index is 1.68. The summed E-state index contributed by atoms with van der Waals surface area (Å²) in [6.45, 7) is 3.53. The monoisotopic (exact) mass is 196 g/mol. The zero-order valence-electron chi connectivity index (χ0n) is 9.63. The van der Waals surface area contributed by atoms with Crippen molar-refractivity contribution in [3.63, 3.8) is 0 Å². The highest BCUT2D eigenvalue weighted by Gasteiger charge is 2.25. The third kappa shape index (κ3) is 2.71. The number of hydrogen-bond donors (Lipinski definition) is 1. The number of nitrogens with zero attached hydrogens (tertiary/aromatic N) is 1. The molecule has 0 bridgehead atoms. The summed E-state index contributed by atoms with van der Waals surface area (Å²) in [5.41, 5.74) is 0. The summed E-state index contributed by atoms with van der Waals surface area (Å²) < 4.78 is 0. The van der Waals surface area contributed by atoms with Crippen molar-refractivity contribution < 1.29 is 0 Å². The Morgan fingerprint density at radius 3 is 2.43 bits per heavy atom. The van der Waals surface area contributed by atoms with Crippen LogP contribution in [0.2, 0.25) is 0 Å². The fraction of sp³-hybridized carbons (Fsp3) is 1.00. The highest BCUT2D eigenvalue weighted by Crippen LogP contribution is 2.24. The standard InChI is InChI=1S/C12H24N2/c1-10(9-13-11-7-8-11)14(2)12-5-3-4-6-12/h10-13H,3-9H2,1-2H3. The molecule has 14 heavy (non-hydrogen) atoms. The van der Waals surface area contributed by atoms with E-state index in [9.17, 15) is 0 Å². The van der Waals surface area contributed by atoms with Gasteiger partial charge in [0.25, 0.3) is 0 Å². The number of likely N-dealkylation sites (N-methyl/N-ethyl adjacent to an activating group) is 1. The van der Waals surface area contributed by atoms with Crippen LogP contribution < -0.4 is 5.32 Å². The van der Waals surface area contributed by atoms with E-state index < -0.39 is 0 Å². The Bertz CT molecular complexity index is 171. The van der Waals surface area contributed by atoms with Crippen molar-refractivity contribution in [3.8, 4) is 0 Å². The second-order valence-corrected chi connectivity index (χ2v) is 5.14. The molecule has 0 aromatic carbocycles. The lowest BCUT2D eigenvalue weighted by atomic mass is 10.1. The van der Waals surface area contributed by atoms with Gasteiger partial charge in [-0.1, -0.05) is 12.8 Å². The maximum absolute atomic E-state index is 3.62. The molecule has 0 saturated heterocycles. The van der Waals surface area contributed by atoms with Gasteiger partial charge in [-0.2, -0.15) is 0 Å². The third-order valence-corrected chi connectivity index (χ3v) is 3.88. The van der Waals surface area contributed by atoms with Crippen molar-refractivity contribution in [2.24, 2.45) is 0 Å². The van der Waals surface area contributed by atoms with Gasteiger partial charge in [0.05, 0.1) is 0 Å². The quantitative estimate of drug-likeness (QED) is 0.723. The van der Waals surface area contributed by atoms with Crippen LogP contribution in [0, 0.1) is 0 Å². The summed E-state index contributed by atoms with van der Waals surface area (Å²) in [6.07, 6.45) is 8.53. The van der Waals surface area contributed by atoms with E-state index in [0.29, 0.717) is 6.04 Å². The van der Waals surface area contributed by atoms with Crippen molar-refractivity contribution in [1.29, 1.82) is 0 Å². The predicted octanol–water partition coefficient (Wildman–Crippen LogP) is 2.00. The van der Waals surface area contributed by atoms with Gasteiger partial charge in [-0.05, 0) is 39.7 Å². The average molecular weight is 196 g/mol. The first-order valence-corrected chi connectivity index (χ1v) is 6.22. The van der Waals surface area contributed by atoms with Gasteiger partial charge in [-0.15, -0.1) is 0 Å². The normalized spacial score (nSPS) is 25.9. The van der Waals surface area contributed by atoms with Crippen LogP contribution in [0.5, 0.6) is 0 Å². The first kappa shape index (κ1) is 10.4. The summed E-state index contributed by atoms with van der Waals surface area (Å²) in [4.78, 5) is 2.59. The first-order chi connectivity index (χ1) is 6.77. The van der Waals surface area contributed by atoms with Crippen molar-refractivity contribution in [2.45, 2.75) is 63.6 Å². The number of rotatable bonds is 5. The van der Waals surface area contributed by atoms with Crippen LogP contribution in [0.4, 0.5) is 0 Å². The molecule has 2 saturated carbocycles. The fourth-order valence-electron chi connectivity index (χ4n) is 2.44. The molecule has 0 amide bonds. The van der Waals surface area contributed by atoms with Crippen LogP contribution in [-0.4, -0.2) is 36.6 Å². The van der Waals surface area contributed by atoms with Crippen LogP contribution >= 0.6 is 0 Å². The lowest BCUT2D eigenvalue weighted by Crippen LogP contribution is -2.43. The number of hydrogen-bond acceptors (Lipinski definition) is 2. The highest BCUT2D eigenvalue weighted by molar-refractivity contribution is 4.84. The molecule has 2 aliphatic carbocycles. The summed E-state index contributed by atoms with van der Waals surface area (Å²) in [6, 6.07) is 2.43. The lowest BCUT2D eigenvalue weighted by Gasteiger charge is -2.30. The van der Waals surface area contributed by atoms with Gasteiger partial charge in [-0.3, -0.25) is 4.90 Å². The highest BCUT2D eigenvalue weighted by atomic mass is 15.2. The summed E-state index contributed by atoms with van der Waals surface area (Å²) >= 11 is 0. The summed E-state index contributed by atoms with van der Waals surface area (Å²) in [5.74, 6) is 0. The lowest BCUT2D eigenvalue weighted by molar-refractivity contribution is 0.182. The van der Waals surface area contributed by atoms with Gasteiger partial charge in [0.1, 0.15) is 0 Å². The van der Waals surface area contributed by atoms with Gasteiger partial charge in [0.15, 0.2) is 0 Å². The molecule has 0 aromatic rings. The van der Waals surface area contributed by atoms with Gasteiger partial charge in [0.2, 0.25) is 0 Å². The summed E-state index contributed by atoms with van der Waals surface area (Å²) in [7, 11) is 2.30. The fourth-order valence-corrected chi connectivity index (χ4v) is 2.44. The molecular weight excluding hydrogens is 172 g/mol. The third-order valence-electron chi connectivity index (χ3n) is 3.88. The minimum Gasteiger partial charge on any atom is -0.312 e. The van der Waals surface area contributed by atoms with Gasteiger partial charge in [-0.25, -0.2) is 0 Å². The molecule has 2 rings (SSSR count). The maximum Gasteiger partial charge on any atom is 0.0192 e. The van der Waals surface area contributed by atoms with Crippen LogP contribution in [-0.2, 0) is 0 Å². The molecule has 82 valence electrons. The Morgan fingerprint density at radius 1 is 1.21 bits per heavy atom. The molecule has 1 N–H and O–H groups in total. The largest absolute Gasteiger partial charge is 0.312 e. The molecule has 1 unspecified atom stereocenters. The van der Waals surface area contributed by atoms with E-state index in [1.54, 1.807) is 0 Å². The minimum absolute atomic E-state index is 0.707. The molecule has 2 aliphatic rings. The van der Waals surface area contributed by atoms with Crippen LogP contribution in [0.3, 0.4) is 0 Å². The molecule has 1 atom stereocenters. The molecular formula is C12H24N2. The van der Waals surface area contributed by atoms with Crippen LogP contribution in [0.15, 0.2) is 0 Å². The van der Waals surface area contributed by atoms with Gasteiger partial charge >= 0.3 is 0 Å². The summed E-state index contributed by atoms with van der Waals surface area (Å²) in [5, 5.41) is 3.62. The smallest absolute Gasteiger partial charge is 0.0192 e. The average Bonchev–Trinajstić information content (AvgIpc) is 2.86. The minimum atomic E-state index is 0.707. The zero-order valence-corrected chi connectivity index (χ0v) is 9.63. The van der Waals surface area contributed by atoms with Crippen molar-refractivity contribution in [2.75, 3.05) is 13.6 Å². The Morgan fingerprint density at radius 2 is 1.86 bits per heavy atom. The van der Waals surface area contributed by atoms with Gasteiger partial charge in [0, 0.05) is 24.7 Å². The Labute approximate surface area is 88.1 Å². The Kier molecular flexibility index (Phi) is 3.45. The van der Waals surface area contributed by atoms with Crippen LogP contribution in [0.1, 0.15) is 45.4 Å². The maximum atomic E-state index is 3.62. The number of nitrogens with one attached hydrogen (secondary N) is 1. The molecule has 0 aromatic heterocycles. The predicted molar refractivity (Wildman–Crippen MR) is 60.5 cm³/mol. The molecule has 2 fully saturated rings. The zero-order chi connectivity index (χ0) is 9.97. The first-order valence-electron chi connectivity index (χ1n) is 6.22.